The lowest BCUT2D eigenvalue weighted by Gasteiger charge is -2.12. The fourth-order valence-corrected chi connectivity index (χ4v) is 4.07. The maximum absolute atomic E-state index is 13.1. The molecule has 3 aromatic rings. The van der Waals surface area contributed by atoms with E-state index in [4.69, 9.17) is 4.74 Å². The van der Waals surface area contributed by atoms with Crippen LogP contribution in [0.15, 0.2) is 82.6 Å². The minimum atomic E-state index is -3.84. The number of benzene rings is 3. The van der Waals surface area contributed by atoms with Crippen LogP contribution in [-0.4, -0.2) is 21.3 Å². The lowest BCUT2D eigenvalue weighted by atomic mass is 10.0. The average molecular weight is 366 g/mol. The molecule has 0 spiro atoms. The Morgan fingerprint density at radius 2 is 1.54 bits per heavy atom. The molecule has 0 aliphatic rings. The van der Waals surface area contributed by atoms with E-state index in [2.05, 4.69) is 0 Å². The van der Waals surface area contributed by atoms with E-state index in [1.807, 2.05) is 6.92 Å². The van der Waals surface area contributed by atoms with E-state index in [9.17, 15) is 13.2 Å². The summed E-state index contributed by atoms with van der Waals surface area (Å²) in [5.41, 5.74) is 1.47. The second-order valence-corrected chi connectivity index (χ2v) is 7.79. The van der Waals surface area contributed by atoms with Crippen LogP contribution in [0.1, 0.15) is 21.5 Å². The van der Waals surface area contributed by atoms with Crippen molar-refractivity contribution in [2.45, 2.75) is 16.7 Å². The normalized spacial score (nSPS) is 11.2. The lowest BCUT2D eigenvalue weighted by Crippen LogP contribution is -2.11. The molecule has 5 heteroatoms. The summed E-state index contributed by atoms with van der Waals surface area (Å²) in [5.74, 6) is 0.0577. The first-order valence-electron chi connectivity index (χ1n) is 8.03. The molecule has 0 bridgehead atoms. The first-order valence-corrected chi connectivity index (χ1v) is 9.51. The second kappa shape index (κ2) is 7.14. The third kappa shape index (κ3) is 3.39. The Balaban J connectivity index is 2.18. The number of hydrogen-bond acceptors (Lipinski definition) is 4. The summed E-state index contributed by atoms with van der Waals surface area (Å²) < 4.78 is 31.4. The van der Waals surface area contributed by atoms with Crippen LogP contribution in [0.4, 0.5) is 0 Å². The van der Waals surface area contributed by atoms with Crippen molar-refractivity contribution >= 4 is 15.6 Å². The molecule has 4 nitrogen and oxygen atoms in total. The van der Waals surface area contributed by atoms with Crippen LogP contribution < -0.4 is 4.74 Å². The van der Waals surface area contributed by atoms with Gasteiger partial charge in [-0.1, -0.05) is 48.0 Å². The highest BCUT2D eigenvalue weighted by Gasteiger charge is 2.25. The van der Waals surface area contributed by atoms with E-state index >= 15 is 0 Å². The van der Waals surface area contributed by atoms with Crippen LogP contribution in [0.2, 0.25) is 0 Å². The van der Waals surface area contributed by atoms with Gasteiger partial charge in [-0.2, -0.15) is 0 Å². The molecule has 0 saturated carbocycles. The Labute approximate surface area is 153 Å². The predicted molar refractivity (Wildman–Crippen MR) is 99.5 cm³/mol. The number of hydrogen-bond donors (Lipinski definition) is 0. The van der Waals surface area contributed by atoms with Crippen molar-refractivity contribution in [2.75, 3.05) is 7.11 Å². The van der Waals surface area contributed by atoms with E-state index in [-0.39, 0.29) is 21.1 Å². The number of carbonyl (C=O) groups excluding carboxylic acids is 1. The van der Waals surface area contributed by atoms with Gasteiger partial charge in [-0.15, -0.1) is 0 Å². The Morgan fingerprint density at radius 3 is 2.15 bits per heavy atom. The van der Waals surface area contributed by atoms with Gasteiger partial charge in [0.2, 0.25) is 9.84 Å². The summed E-state index contributed by atoms with van der Waals surface area (Å²) in [6, 6.07) is 19.6. The first-order chi connectivity index (χ1) is 12.4. The van der Waals surface area contributed by atoms with Gasteiger partial charge in [-0.25, -0.2) is 8.42 Å². The van der Waals surface area contributed by atoms with Gasteiger partial charge < -0.3 is 4.74 Å². The third-order valence-corrected chi connectivity index (χ3v) is 5.92. The molecule has 132 valence electrons. The van der Waals surface area contributed by atoms with Gasteiger partial charge in [0.25, 0.3) is 0 Å². The van der Waals surface area contributed by atoms with E-state index < -0.39 is 9.84 Å². The molecule has 0 aliphatic carbocycles. The van der Waals surface area contributed by atoms with Gasteiger partial charge in [0.1, 0.15) is 5.75 Å². The Hall–Kier alpha value is -2.92. The van der Waals surface area contributed by atoms with E-state index in [0.717, 1.165) is 5.56 Å². The topological polar surface area (TPSA) is 60.4 Å². The standard InChI is InChI=1S/C21H18O4S/c1-15-8-11-18(12-9-15)26(23,24)20-13-10-17(25-2)14-19(20)21(22)16-6-4-3-5-7-16/h3-14H,1-2H3. The smallest absolute Gasteiger partial charge is 0.207 e. The fraction of sp³-hybridized carbons (Fsp3) is 0.0952. The van der Waals surface area contributed by atoms with Crippen LogP contribution in [-0.2, 0) is 9.84 Å². The maximum atomic E-state index is 13.1. The van der Waals surface area contributed by atoms with E-state index in [0.29, 0.717) is 11.3 Å². The summed E-state index contributed by atoms with van der Waals surface area (Å²) in [6.45, 7) is 1.88. The van der Waals surface area contributed by atoms with Crippen LogP contribution in [0.3, 0.4) is 0 Å². The summed E-state index contributed by atoms with van der Waals surface area (Å²) in [7, 11) is -2.37. The molecule has 0 aromatic heterocycles. The van der Waals surface area contributed by atoms with Crippen molar-refractivity contribution in [2.24, 2.45) is 0 Å². The highest BCUT2D eigenvalue weighted by molar-refractivity contribution is 7.91. The molecule has 0 aliphatic heterocycles. The highest BCUT2D eigenvalue weighted by atomic mass is 32.2. The van der Waals surface area contributed by atoms with E-state index in [1.165, 1.54) is 19.2 Å². The van der Waals surface area contributed by atoms with Gasteiger partial charge in [0.15, 0.2) is 5.78 Å². The van der Waals surface area contributed by atoms with Gasteiger partial charge in [0, 0.05) is 11.1 Å². The number of sulfone groups is 1. The molecule has 3 rings (SSSR count). The number of ketones is 1. The third-order valence-electron chi connectivity index (χ3n) is 4.09. The summed E-state index contributed by atoms with van der Waals surface area (Å²) >= 11 is 0. The average Bonchev–Trinajstić information content (AvgIpc) is 2.68. The zero-order chi connectivity index (χ0) is 18.7. The highest BCUT2D eigenvalue weighted by Crippen LogP contribution is 2.29. The fourth-order valence-electron chi connectivity index (χ4n) is 2.64. The van der Waals surface area contributed by atoms with Crippen LogP contribution in [0, 0.1) is 6.92 Å². The van der Waals surface area contributed by atoms with Crippen molar-refractivity contribution in [3.63, 3.8) is 0 Å². The molecular formula is C21H18O4S. The molecule has 0 atom stereocenters. The molecule has 0 amide bonds. The van der Waals surface area contributed by atoms with Crippen LogP contribution in [0.5, 0.6) is 5.75 Å². The molecule has 3 aromatic carbocycles. The molecule has 0 N–H and O–H groups in total. The SMILES string of the molecule is COc1ccc(S(=O)(=O)c2ccc(C)cc2)c(C(=O)c2ccccc2)c1. The second-order valence-electron chi connectivity index (χ2n) is 5.87. The van der Waals surface area contributed by atoms with Gasteiger partial charge in [0.05, 0.1) is 16.9 Å². The van der Waals surface area contributed by atoms with Crippen molar-refractivity contribution in [3.8, 4) is 5.75 Å². The molecule has 0 fully saturated rings. The Bertz CT molecular complexity index is 1040. The number of methoxy groups -OCH3 is 1. The largest absolute Gasteiger partial charge is 0.497 e. The number of rotatable bonds is 5. The monoisotopic (exact) mass is 366 g/mol. The predicted octanol–water partition coefficient (Wildman–Crippen LogP) is 4.07. The molecule has 0 heterocycles. The number of ether oxygens (including phenoxy) is 1. The Kier molecular flexibility index (Phi) is 4.91. The van der Waals surface area contributed by atoms with Crippen molar-refractivity contribution in [3.05, 3.63) is 89.5 Å². The molecule has 0 saturated heterocycles. The van der Waals surface area contributed by atoms with Crippen molar-refractivity contribution in [1.82, 2.24) is 0 Å². The zero-order valence-corrected chi connectivity index (χ0v) is 15.3. The van der Waals surface area contributed by atoms with Crippen LogP contribution >= 0.6 is 0 Å². The summed E-state index contributed by atoms with van der Waals surface area (Å²) in [4.78, 5) is 13.1. The lowest BCUT2D eigenvalue weighted by molar-refractivity contribution is 0.103. The molecular weight excluding hydrogens is 348 g/mol. The Morgan fingerprint density at radius 1 is 0.885 bits per heavy atom. The minimum absolute atomic E-state index is 0.0315. The molecule has 0 unspecified atom stereocenters. The number of carbonyl (C=O) groups is 1. The molecule has 26 heavy (non-hydrogen) atoms. The number of aryl methyl sites for hydroxylation is 1. The van der Waals surface area contributed by atoms with E-state index in [1.54, 1.807) is 60.7 Å². The van der Waals surface area contributed by atoms with Gasteiger partial charge in [-0.05, 0) is 37.3 Å². The quantitative estimate of drug-likeness (QED) is 0.639. The molecule has 0 radical (unpaired) electrons. The minimum Gasteiger partial charge on any atom is -0.497 e. The maximum Gasteiger partial charge on any atom is 0.207 e. The van der Waals surface area contributed by atoms with Crippen molar-refractivity contribution in [1.29, 1.82) is 0 Å². The van der Waals surface area contributed by atoms with Crippen molar-refractivity contribution < 1.29 is 17.9 Å². The summed E-state index contributed by atoms with van der Waals surface area (Å²) in [5, 5.41) is 0. The van der Waals surface area contributed by atoms with Gasteiger partial charge >= 0.3 is 0 Å². The zero-order valence-electron chi connectivity index (χ0n) is 14.5. The summed E-state index contributed by atoms with van der Waals surface area (Å²) in [6.07, 6.45) is 0. The van der Waals surface area contributed by atoms with Crippen LogP contribution in [0.25, 0.3) is 0 Å². The van der Waals surface area contributed by atoms with Gasteiger partial charge in [-0.3, -0.25) is 4.79 Å². The first kappa shape index (κ1) is 17.9.